The first-order valence-electron chi connectivity index (χ1n) is 6.65. The number of nitro groups is 2. The van der Waals surface area contributed by atoms with Gasteiger partial charge in [-0.2, -0.15) is 0 Å². The van der Waals surface area contributed by atoms with Gasteiger partial charge in [-0.25, -0.2) is 8.42 Å². The molecule has 0 spiro atoms. The fourth-order valence-electron chi connectivity index (χ4n) is 2.15. The predicted octanol–water partition coefficient (Wildman–Crippen LogP) is 4.41. The summed E-state index contributed by atoms with van der Waals surface area (Å²) in [6, 6.07) is 10.8. The highest BCUT2D eigenvalue weighted by Crippen LogP contribution is 2.45. The molecule has 0 fully saturated rings. The lowest BCUT2D eigenvalue weighted by atomic mass is 10.2. The number of hydrogen-bond acceptors (Lipinski definition) is 6. The van der Waals surface area contributed by atoms with Gasteiger partial charge in [0.1, 0.15) is 8.32 Å². The van der Waals surface area contributed by atoms with Crippen molar-refractivity contribution in [3.05, 3.63) is 79.9 Å². The molecule has 0 amide bonds. The molecular weight excluding hydrogens is 484 g/mol. The van der Waals surface area contributed by atoms with Gasteiger partial charge in [-0.15, -0.1) is 0 Å². The highest BCUT2D eigenvalue weighted by atomic mass is 79.9. The van der Waals surface area contributed by atoms with Crippen LogP contribution in [0.15, 0.2) is 48.5 Å². The first-order valence-corrected chi connectivity index (χ1v) is 10.1. The van der Waals surface area contributed by atoms with Crippen molar-refractivity contribution >= 4 is 53.1 Å². The summed E-state index contributed by atoms with van der Waals surface area (Å²) >= 11 is 5.99. The van der Waals surface area contributed by atoms with Crippen molar-refractivity contribution in [2.24, 2.45) is 0 Å². The Balaban J connectivity index is 2.52. The minimum absolute atomic E-state index is 0.0597. The van der Waals surface area contributed by atoms with E-state index in [0.29, 0.717) is 0 Å². The van der Waals surface area contributed by atoms with Gasteiger partial charge in [-0.05, 0) is 12.1 Å². The van der Waals surface area contributed by atoms with E-state index >= 15 is 0 Å². The zero-order chi connectivity index (χ0) is 18.8. The van der Waals surface area contributed by atoms with Gasteiger partial charge in [0.25, 0.3) is 11.4 Å². The van der Waals surface area contributed by atoms with Gasteiger partial charge >= 0.3 is 0 Å². The second-order valence-electron chi connectivity index (χ2n) is 4.85. The summed E-state index contributed by atoms with van der Waals surface area (Å²) < 4.78 is 22.8. The maximum absolute atomic E-state index is 12.8. The van der Waals surface area contributed by atoms with E-state index in [-0.39, 0.29) is 22.5 Å². The molecule has 8 nitrogen and oxygen atoms in total. The molecule has 0 bridgehead atoms. The van der Waals surface area contributed by atoms with Crippen molar-refractivity contribution in [1.29, 1.82) is 0 Å². The predicted molar refractivity (Wildman–Crippen MR) is 98.4 cm³/mol. The second kappa shape index (κ2) is 7.58. The molecular formula is C14H10Br2N2O6S. The minimum Gasteiger partial charge on any atom is -0.258 e. The van der Waals surface area contributed by atoms with E-state index in [0.717, 1.165) is 0 Å². The zero-order valence-electron chi connectivity index (χ0n) is 12.3. The molecule has 0 aliphatic heterocycles. The van der Waals surface area contributed by atoms with Crippen molar-refractivity contribution in [3.8, 4) is 0 Å². The summed E-state index contributed by atoms with van der Waals surface area (Å²) in [4.78, 5) is 20.9. The van der Waals surface area contributed by atoms with Crippen molar-refractivity contribution in [2.75, 3.05) is 0 Å². The van der Waals surface area contributed by atoms with Crippen LogP contribution in [0.25, 0.3) is 0 Å². The molecule has 132 valence electrons. The normalized spacial score (nSPS) is 13.8. The van der Waals surface area contributed by atoms with Gasteiger partial charge in [-0.3, -0.25) is 20.2 Å². The van der Waals surface area contributed by atoms with E-state index in [1.165, 1.54) is 48.5 Å². The van der Waals surface area contributed by atoms with Gasteiger partial charge in [-0.1, -0.05) is 56.1 Å². The summed E-state index contributed by atoms with van der Waals surface area (Å²) in [7, 11) is -4.13. The monoisotopic (exact) mass is 492 g/mol. The maximum Gasteiger partial charge on any atom is 0.274 e. The lowest BCUT2D eigenvalue weighted by Gasteiger charge is -2.17. The molecule has 2 unspecified atom stereocenters. The fourth-order valence-corrected chi connectivity index (χ4v) is 6.40. The second-order valence-corrected chi connectivity index (χ2v) is 10.0. The van der Waals surface area contributed by atoms with Crippen LogP contribution in [-0.2, 0) is 9.84 Å². The van der Waals surface area contributed by atoms with Crippen LogP contribution in [0.5, 0.6) is 0 Å². The Hall–Kier alpha value is -1.85. The summed E-state index contributed by atoms with van der Waals surface area (Å²) in [5.41, 5.74) is -0.850. The number of rotatable bonds is 6. The minimum atomic E-state index is -4.13. The number of nitro benzene ring substituents is 2. The third-order valence-corrected chi connectivity index (χ3v) is 9.11. The van der Waals surface area contributed by atoms with Crippen LogP contribution in [0, 0.1) is 20.2 Å². The summed E-state index contributed by atoms with van der Waals surface area (Å²) in [6.45, 7) is 0. The van der Waals surface area contributed by atoms with Crippen LogP contribution in [0.3, 0.4) is 0 Å². The van der Waals surface area contributed by atoms with Crippen LogP contribution in [0.1, 0.15) is 19.4 Å². The number of halogens is 2. The molecule has 2 aromatic carbocycles. The molecule has 11 heteroatoms. The van der Waals surface area contributed by atoms with Gasteiger partial charge in [0.2, 0.25) is 0 Å². The van der Waals surface area contributed by atoms with Crippen molar-refractivity contribution in [1.82, 2.24) is 0 Å². The van der Waals surface area contributed by atoms with Crippen molar-refractivity contribution < 1.29 is 18.3 Å². The molecule has 2 atom stereocenters. The van der Waals surface area contributed by atoms with E-state index in [9.17, 15) is 28.6 Å². The van der Waals surface area contributed by atoms with Gasteiger partial charge in [0, 0.05) is 12.1 Å². The Morgan fingerprint density at radius 2 is 1.08 bits per heavy atom. The Bertz CT molecular complexity index is 865. The zero-order valence-corrected chi connectivity index (χ0v) is 16.3. The highest BCUT2D eigenvalue weighted by molar-refractivity contribution is 9.12. The first kappa shape index (κ1) is 19.5. The maximum atomic E-state index is 12.8. The molecule has 0 aromatic heterocycles. The Labute approximate surface area is 159 Å². The molecule has 0 aliphatic carbocycles. The van der Waals surface area contributed by atoms with E-state index in [4.69, 9.17) is 0 Å². The number of benzene rings is 2. The van der Waals surface area contributed by atoms with Crippen LogP contribution in [-0.4, -0.2) is 18.3 Å². The summed E-state index contributed by atoms with van der Waals surface area (Å²) in [5, 5.41) is 22.3. The van der Waals surface area contributed by atoms with E-state index < -0.39 is 28.0 Å². The van der Waals surface area contributed by atoms with E-state index in [1.807, 2.05) is 0 Å². The van der Waals surface area contributed by atoms with E-state index in [2.05, 4.69) is 31.9 Å². The highest BCUT2D eigenvalue weighted by Gasteiger charge is 2.38. The quantitative estimate of drug-likeness (QED) is 0.334. The average Bonchev–Trinajstić information content (AvgIpc) is 2.60. The fraction of sp³-hybridized carbons (Fsp3) is 0.143. The van der Waals surface area contributed by atoms with E-state index in [1.54, 1.807) is 0 Å². The largest absolute Gasteiger partial charge is 0.274 e. The lowest BCUT2D eigenvalue weighted by Crippen LogP contribution is -2.15. The Morgan fingerprint density at radius 3 is 1.40 bits per heavy atom. The van der Waals surface area contributed by atoms with Crippen molar-refractivity contribution in [3.63, 3.8) is 0 Å². The molecule has 0 saturated carbocycles. The van der Waals surface area contributed by atoms with Gasteiger partial charge < -0.3 is 0 Å². The van der Waals surface area contributed by atoms with Gasteiger partial charge in [0.05, 0.1) is 21.0 Å². The Kier molecular flexibility index (Phi) is 5.91. The average molecular weight is 494 g/mol. The number of nitrogens with zero attached hydrogens (tertiary/aromatic N) is 2. The molecule has 0 saturated heterocycles. The standard InChI is InChI=1S/C14H10Br2N2O6S/c15-13(9-5-1-3-7-11(9)17(19)20)25(23,24)14(16)10-6-2-4-8-12(10)18(21)22/h1-8,13-14H. The van der Waals surface area contributed by atoms with Crippen LogP contribution < -0.4 is 0 Å². The summed E-state index contributed by atoms with van der Waals surface area (Å²) in [5.74, 6) is 0. The Morgan fingerprint density at radius 1 is 0.760 bits per heavy atom. The van der Waals surface area contributed by atoms with Crippen molar-refractivity contribution in [2.45, 2.75) is 8.32 Å². The molecule has 0 heterocycles. The molecule has 0 radical (unpaired) electrons. The number of sulfone groups is 1. The number of hydrogen-bond donors (Lipinski definition) is 0. The van der Waals surface area contributed by atoms with Crippen LogP contribution >= 0.6 is 31.9 Å². The third-order valence-electron chi connectivity index (χ3n) is 3.33. The molecule has 0 aliphatic rings. The van der Waals surface area contributed by atoms with Crippen LogP contribution in [0.4, 0.5) is 11.4 Å². The summed E-state index contributed by atoms with van der Waals surface area (Å²) in [6.07, 6.45) is 0. The first-order chi connectivity index (χ1) is 11.7. The van der Waals surface area contributed by atoms with Crippen LogP contribution in [0.2, 0.25) is 0 Å². The number of alkyl halides is 2. The third kappa shape index (κ3) is 3.88. The smallest absolute Gasteiger partial charge is 0.258 e. The number of para-hydroxylation sites is 2. The lowest BCUT2D eigenvalue weighted by molar-refractivity contribution is -0.385. The SMILES string of the molecule is O=[N+]([O-])c1ccccc1C(Br)S(=O)(=O)C(Br)c1ccccc1[N+](=O)[O-]. The van der Waals surface area contributed by atoms with Gasteiger partial charge in [0.15, 0.2) is 9.84 Å². The molecule has 2 aromatic rings. The topological polar surface area (TPSA) is 120 Å². The molecule has 2 rings (SSSR count). The molecule has 25 heavy (non-hydrogen) atoms. The molecule has 0 N–H and O–H groups in total.